The van der Waals surface area contributed by atoms with Gasteiger partial charge in [-0.2, -0.15) is 5.10 Å². The predicted molar refractivity (Wildman–Crippen MR) is 124 cm³/mol. The fourth-order valence-electron chi connectivity index (χ4n) is 3.29. The van der Waals surface area contributed by atoms with Crippen LogP contribution in [0, 0.1) is 6.92 Å². The molecule has 0 aliphatic carbocycles. The summed E-state index contributed by atoms with van der Waals surface area (Å²) >= 11 is 0. The predicted octanol–water partition coefficient (Wildman–Crippen LogP) is 4.04. The maximum atomic E-state index is 11.6. The molecule has 0 unspecified atom stereocenters. The number of amides is 1. The van der Waals surface area contributed by atoms with Gasteiger partial charge >= 0.3 is 0 Å². The lowest BCUT2D eigenvalue weighted by molar-refractivity contribution is -0.111. The van der Waals surface area contributed by atoms with E-state index < -0.39 is 0 Å². The summed E-state index contributed by atoms with van der Waals surface area (Å²) in [5, 5.41) is 18.8. The molecule has 0 saturated heterocycles. The highest BCUT2D eigenvalue weighted by Gasteiger charge is 2.09. The summed E-state index contributed by atoms with van der Waals surface area (Å²) in [7, 11) is 0. The Morgan fingerprint density at radius 3 is 2.85 bits per heavy atom. The van der Waals surface area contributed by atoms with Gasteiger partial charge in [0.15, 0.2) is 11.4 Å². The molecular weight excluding hydrogens is 420 g/mol. The van der Waals surface area contributed by atoms with Crippen LogP contribution in [0.4, 0.5) is 17.2 Å². The number of carbonyl (C=O) groups excluding carboxylic acids is 1. The Morgan fingerprint density at radius 2 is 2.00 bits per heavy atom. The number of fused-ring (bicyclic) bond motifs is 2. The third-order valence-corrected chi connectivity index (χ3v) is 4.89. The summed E-state index contributed by atoms with van der Waals surface area (Å²) in [6.07, 6.45) is 5.85. The maximum absolute atomic E-state index is 11.6. The van der Waals surface area contributed by atoms with Crippen LogP contribution in [0.15, 0.2) is 74.0 Å². The van der Waals surface area contributed by atoms with Gasteiger partial charge in [-0.3, -0.25) is 4.79 Å². The van der Waals surface area contributed by atoms with Crippen molar-refractivity contribution in [3.8, 4) is 11.5 Å². The van der Waals surface area contributed by atoms with E-state index in [1.54, 1.807) is 22.8 Å². The summed E-state index contributed by atoms with van der Waals surface area (Å²) in [5.41, 5.74) is 3.72. The number of rotatable bonds is 6. The van der Waals surface area contributed by atoms with Crippen molar-refractivity contribution >= 4 is 39.6 Å². The van der Waals surface area contributed by atoms with Gasteiger partial charge in [0.05, 0.1) is 11.7 Å². The van der Waals surface area contributed by atoms with E-state index in [9.17, 15) is 4.79 Å². The van der Waals surface area contributed by atoms with E-state index >= 15 is 0 Å². The third kappa shape index (κ3) is 4.17. The molecule has 2 N–H and O–H groups in total. The first-order chi connectivity index (χ1) is 16.1. The molecule has 3 heterocycles. The molecule has 0 saturated carbocycles. The molecule has 5 aromatic rings. The largest absolute Gasteiger partial charge is 0.455 e. The maximum Gasteiger partial charge on any atom is 0.247 e. The van der Waals surface area contributed by atoms with E-state index in [0.29, 0.717) is 28.7 Å². The van der Waals surface area contributed by atoms with Crippen LogP contribution in [0.2, 0.25) is 0 Å². The molecule has 0 atom stereocenters. The van der Waals surface area contributed by atoms with E-state index in [-0.39, 0.29) is 5.91 Å². The summed E-state index contributed by atoms with van der Waals surface area (Å²) < 4.78 is 7.54. The van der Waals surface area contributed by atoms with Gasteiger partial charge in [0.2, 0.25) is 5.91 Å². The average Bonchev–Trinajstić information content (AvgIpc) is 3.29. The van der Waals surface area contributed by atoms with Crippen LogP contribution in [0.3, 0.4) is 0 Å². The Hall–Kier alpha value is -4.86. The van der Waals surface area contributed by atoms with Gasteiger partial charge in [-0.05, 0) is 55.0 Å². The highest BCUT2D eigenvalue weighted by molar-refractivity contribution is 6.01. The number of ether oxygens (including phenoxy) is 1. The van der Waals surface area contributed by atoms with Crippen molar-refractivity contribution < 1.29 is 9.53 Å². The van der Waals surface area contributed by atoms with Crippen molar-refractivity contribution in [2.75, 3.05) is 10.6 Å². The van der Waals surface area contributed by atoms with Crippen LogP contribution in [0.5, 0.6) is 11.5 Å². The minimum absolute atomic E-state index is 0.287. The second kappa shape index (κ2) is 8.35. The summed E-state index contributed by atoms with van der Waals surface area (Å²) in [6, 6.07) is 12.9. The van der Waals surface area contributed by atoms with Crippen molar-refractivity contribution in [1.82, 2.24) is 29.8 Å². The van der Waals surface area contributed by atoms with E-state index in [4.69, 9.17) is 4.74 Å². The molecule has 33 heavy (non-hydrogen) atoms. The Morgan fingerprint density at radius 1 is 1.12 bits per heavy atom. The highest BCUT2D eigenvalue weighted by atomic mass is 16.5. The van der Waals surface area contributed by atoms with Crippen LogP contribution in [-0.2, 0) is 4.79 Å². The van der Waals surface area contributed by atoms with Gasteiger partial charge in [0, 0.05) is 22.8 Å². The Bertz CT molecular complexity index is 1510. The van der Waals surface area contributed by atoms with Crippen molar-refractivity contribution in [3.63, 3.8) is 0 Å². The topological polar surface area (TPSA) is 119 Å². The first kappa shape index (κ1) is 20.1. The molecular formula is C23H18N8O2. The lowest BCUT2D eigenvalue weighted by Crippen LogP contribution is -2.07. The van der Waals surface area contributed by atoms with Crippen LogP contribution in [-0.4, -0.2) is 35.7 Å². The first-order valence-electron chi connectivity index (χ1n) is 9.99. The van der Waals surface area contributed by atoms with Gasteiger partial charge < -0.3 is 15.4 Å². The minimum atomic E-state index is -0.287. The second-order valence-corrected chi connectivity index (χ2v) is 7.18. The number of hydrogen-bond donors (Lipinski definition) is 2. The van der Waals surface area contributed by atoms with Crippen molar-refractivity contribution in [3.05, 3.63) is 79.5 Å². The van der Waals surface area contributed by atoms with Crippen molar-refractivity contribution in [2.45, 2.75) is 6.92 Å². The first-order valence-corrected chi connectivity index (χ1v) is 9.99. The van der Waals surface area contributed by atoms with E-state index in [1.165, 1.54) is 18.7 Å². The smallest absolute Gasteiger partial charge is 0.247 e. The molecule has 0 spiro atoms. The number of aryl methyl sites for hydroxylation is 1. The molecule has 0 aliphatic heterocycles. The van der Waals surface area contributed by atoms with E-state index in [1.807, 2.05) is 37.3 Å². The number of hydrogen-bond acceptors (Lipinski definition) is 8. The highest BCUT2D eigenvalue weighted by Crippen LogP contribution is 2.30. The molecule has 5 rings (SSSR count). The lowest BCUT2D eigenvalue weighted by Gasteiger charge is -2.13. The number of aromatic nitrogens is 6. The Balaban J connectivity index is 1.40. The second-order valence-electron chi connectivity index (χ2n) is 7.18. The SMILES string of the molecule is C=CC(=O)Nc1ccc2ncnc(Nc3ccc(Oc4cnn5cnnc5c4)c(C)c3)c2c1. The Labute approximate surface area is 188 Å². The fraction of sp³-hybridized carbons (Fsp3) is 0.0435. The standard InChI is InChI=1S/C23H18N8O2/c1-3-22(32)28-16-4-6-19-18(9-16)23(25-12-24-19)29-15-5-7-20(14(2)8-15)33-17-10-21-30-26-13-31(21)27-11-17/h3-13H,1H2,2H3,(H,28,32)(H,24,25,29). The van der Waals surface area contributed by atoms with Crippen LogP contribution in [0.25, 0.3) is 16.6 Å². The van der Waals surface area contributed by atoms with Gasteiger partial charge in [-0.15, -0.1) is 10.2 Å². The number of anilines is 3. The summed E-state index contributed by atoms with van der Waals surface area (Å²) in [6.45, 7) is 5.42. The molecule has 162 valence electrons. The molecule has 0 radical (unpaired) electrons. The fourth-order valence-corrected chi connectivity index (χ4v) is 3.29. The molecule has 10 heteroatoms. The van der Waals surface area contributed by atoms with Gasteiger partial charge in [0.25, 0.3) is 0 Å². The number of carbonyl (C=O) groups is 1. The molecule has 2 aromatic carbocycles. The van der Waals surface area contributed by atoms with E-state index in [2.05, 4.69) is 42.5 Å². The van der Waals surface area contributed by atoms with Crippen LogP contribution in [0.1, 0.15) is 5.56 Å². The zero-order valence-electron chi connectivity index (χ0n) is 17.6. The van der Waals surface area contributed by atoms with Crippen molar-refractivity contribution in [2.24, 2.45) is 0 Å². The summed E-state index contributed by atoms with van der Waals surface area (Å²) in [5.74, 6) is 1.58. The average molecular weight is 438 g/mol. The minimum Gasteiger partial charge on any atom is -0.455 e. The molecule has 1 amide bonds. The third-order valence-electron chi connectivity index (χ3n) is 4.89. The number of benzene rings is 2. The molecule has 3 aromatic heterocycles. The Kier molecular flexibility index (Phi) is 5.07. The number of nitrogens with zero attached hydrogens (tertiary/aromatic N) is 6. The van der Waals surface area contributed by atoms with Gasteiger partial charge in [-0.1, -0.05) is 6.58 Å². The summed E-state index contributed by atoms with van der Waals surface area (Å²) in [4.78, 5) is 20.3. The molecule has 10 nitrogen and oxygen atoms in total. The zero-order chi connectivity index (χ0) is 22.8. The normalized spacial score (nSPS) is 10.8. The zero-order valence-corrected chi connectivity index (χ0v) is 17.6. The van der Waals surface area contributed by atoms with Crippen LogP contribution >= 0.6 is 0 Å². The molecule has 0 fully saturated rings. The van der Waals surface area contributed by atoms with E-state index in [0.717, 1.165) is 22.2 Å². The lowest BCUT2D eigenvalue weighted by atomic mass is 10.1. The monoisotopic (exact) mass is 438 g/mol. The van der Waals surface area contributed by atoms with Gasteiger partial charge in [0.1, 0.15) is 24.2 Å². The van der Waals surface area contributed by atoms with Gasteiger partial charge in [-0.25, -0.2) is 14.5 Å². The molecule has 0 bridgehead atoms. The van der Waals surface area contributed by atoms with Crippen LogP contribution < -0.4 is 15.4 Å². The van der Waals surface area contributed by atoms with Crippen molar-refractivity contribution in [1.29, 1.82) is 0 Å². The molecule has 0 aliphatic rings. The number of nitrogens with one attached hydrogen (secondary N) is 2. The quantitative estimate of drug-likeness (QED) is 0.381.